The molecule has 0 aliphatic carbocycles. The maximum atomic E-state index is 6.29. The molecule has 2 atom stereocenters. The number of hydrogen-bond acceptors (Lipinski definition) is 5. The van der Waals surface area contributed by atoms with Crippen molar-refractivity contribution in [2.75, 3.05) is 24.5 Å². The molecule has 31 heavy (non-hydrogen) atoms. The van der Waals surface area contributed by atoms with Crippen LogP contribution >= 0.6 is 23.2 Å². The van der Waals surface area contributed by atoms with Gasteiger partial charge in [-0.25, -0.2) is 4.98 Å². The monoisotopic (exact) mass is 460 g/mol. The quantitative estimate of drug-likeness (QED) is 0.484. The highest BCUT2D eigenvalue weighted by Crippen LogP contribution is 2.33. The number of anilines is 1. The van der Waals surface area contributed by atoms with E-state index >= 15 is 0 Å². The van der Waals surface area contributed by atoms with Crippen molar-refractivity contribution in [2.24, 2.45) is 13.0 Å². The van der Waals surface area contributed by atoms with Crippen LogP contribution in [0.2, 0.25) is 10.3 Å². The maximum absolute atomic E-state index is 6.29. The summed E-state index contributed by atoms with van der Waals surface area (Å²) in [5.74, 6) is 2.34. The summed E-state index contributed by atoms with van der Waals surface area (Å²) in [6.07, 6.45) is 1.11. The molecule has 3 heterocycles. The molecule has 0 bridgehead atoms. The average molecular weight is 461 g/mol. The van der Waals surface area contributed by atoms with Crippen molar-refractivity contribution in [1.82, 2.24) is 24.4 Å². The Kier molecular flexibility index (Phi) is 6.42. The van der Waals surface area contributed by atoms with Gasteiger partial charge >= 0.3 is 0 Å². The second-order valence-corrected chi connectivity index (χ2v) is 9.72. The van der Waals surface area contributed by atoms with Crippen LogP contribution in [0.3, 0.4) is 0 Å². The number of benzene rings is 1. The third-order valence-corrected chi connectivity index (χ3v) is 6.64. The minimum absolute atomic E-state index is 0.263. The second kappa shape index (κ2) is 8.93. The van der Waals surface area contributed by atoms with Gasteiger partial charge in [-0.05, 0) is 55.5 Å². The summed E-state index contributed by atoms with van der Waals surface area (Å²) >= 11 is 12.4. The average Bonchev–Trinajstić information content (AvgIpc) is 3.00. The van der Waals surface area contributed by atoms with Gasteiger partial charge in [0.1, 0.15) is 5.82 Å². The highest BCUT2D eigenvalue weighted by atomic mass is 35.5. The predicted octanol–water partition coefficient (Wildman–Crippen LogP) is 5.28. The summed E-state index contributed by atoms with van der Waals surface area (Å²) in [4.78, 5) is 18.6. The molecule has 1 aliphatic rings. The van der Waals surface area contributed by atoms with Crippen LogP contribution in [0.15, 0.2) is 24.3 Å². The second-order valence-electron chi connectivity index (χ2n) is 8.94. The van der Waals surface area contributed by atoms with Crippen LogP contribution in [-0.4, -0.2) is 50.1 Å². The van der Waals surface area contributed by atoms with Crippen LogP contribution in [-0.2, 0) is 7.05 Å². The Morgan fingerprint density at radius 1 is 1.06 bits per heavy atom. The van der Waals surface area contributed by atoms with Gasteiger partial charge in [-0.2, -0.15) is 9.97 Å². The van der Waals surface area contributed by atoms with Crippen LogP contribution < -0.4 is 4.90 Å². The molecule has 3 aromatic rings. The predicted molar refractivity (Wildman–Crippen MR) is 128 cm³/mol. The lowest BCUT2D eigenvalue weighted by atomic mass is 9.94. The number of halogens is 2. The molecule has 166 valence electrons. The van der Waals surface area contributed by atoms with Gasteiger partial charge in [-0.15, -0.1) is 0 Å². The summed E-state index contributed by atoms with van der Waals surface area (Å²) in [5.41, 5.74) is 2.92. The molecule has 2 aromatic heterocycles. The zero-order valence-electron chi connectivity index (χ0n) is 18.8. The summed E-state index contributed by atoms with van der Waals surface area (Å²) in [7, 11) is 1.96. The van der Waals surface area contributed by atoms with E-state index < -0.39 is 0 Å². The van der Waals surface area contributed by atoms with E-state index in [1.54, 1.807) is 0 Å². The minimum Gasteiger partial charge on any atom is -0.349 e. The molecular formula is C23H30Cl2N6. The van der Waals surface area contributed by atoms with Crippen molar-refractivity contribution < 1.29 is 0 Å². The zero-order valence-corrected chi connectivity index (χ0v) is 20.3. The summed E-state index contributed by atoms with van der Waals surface area (Å²) in [6, 6.07) is 8.95. The van der Waals surface area contributed by atoms with E-state index in [2.05, 4.69) is 52.7 Å². The Labute approximate surface area is 194 Å². The third-order valence-electron chi connectivity index (χ3n) is 6.22. The van der Waals surface area contributed by atoms with Crippen LogP contribution in [0, 0.1) is 12.8 Å². The smallest absolute Gasteiger partial charge is 0.226 e. The normalized spacial score (nSPS) is 18.8. The number of hydrogen-bond donors (Lipinski definition) is 0. The Morgan fingerprint density at radius 2 is 1.77 bits per heavy atom. The number of nitrogens with zero attached hydrogens (tertiary/aromatic N) is 6. The lowest BCUT2D eigenvalue weighted by Gasteiger charge is -2.44. The molecule has 6 nitrogen and oxygen atoms in total. The molecule has 0 spiro atoms. The molecule has 4 rings (SSSR count). The molecule has 1 aromatic carbocycles. The molecule has 1 aliphatic heterocycles. The van der Waals surface area contributed by atoms with E-state index in [0.29, 0.717) is 12.0 Å². The van der Waals surface area contributed by atoms with Crippen LogP contribution in [0.5, 0.6) is 0 Å². The largest absolute Gasteiger partial charge is 0.349 e. The molecule has 0 radical (unpaired) electrons. The molecule has 0 saturated carbocycles. The first kappa shape index (κ1) is 22.3. The molecule has 8 heteroatoms. The molecule has 2 unspecified atom stereocenters. The van der Waals surface area contributed by atoms with Crippen molar-refractivity contribution in [3.05, 3.63) is 46.0 Å². The molecular weight excluding hydrogens is 431 g/mol. The molecule has 1 saturated heterocycles. The lowest BCUT2D eigenvalue weighted by molar-refractivity contribution is 0.146. The van der Waals surface area contributed by atoms with E-state index in [1.807, 2.05) is 30.7 Å². The highest BCUT2D eigenvalue weighted by Gasteiger charge is 2.32. The molecule has 1 fully saturated rings. The third kappa shape index (κ3) is 4.52. The molecule has 0 N–H and O–H groups in total. The first-order valence-electron chi connectivity index (χ1n) is 10.9. The maximum Gasteiger partial charge on any atom is 0.226 e. The van der Waals surface area contributed by atoms with Crippen molar-refractivity contribution in [1.29, 1.82) is 0 Å². The number of fused-ring (bicyclic) bond motifs is 1. The van der Waals surface area contributed by atoms with Gasteiger partial charge in [-0.3, -0.25) is 4.90 Å². The van der Waals surface area contributed by atoms with Crippen molar-refractivity contribution in [3.8, 4) is 0 Å². The summed E-state index contributed by atoms with van der Waals surface area (Å²) in [6.45, 7) is 11.5. The van der Waals surface area contributed by atoms with E-state index in [9.17, 15) is 0 Å². The van der Waals surface area contributed by atoms with Crippen molar-refractivity contribution in [2.45, 2.75) is 46.2 Å². The first-order valence-corrected chi connectivity index (χ1v) is 11.6. The number of aromatic nitrogens is 4. The van der Waals surface area contributed by atoms with Gasteiger partial charge in [-0.1, -0.05) is 37.6 Å². The zero-order chi connectivity index (χ0) is 22.3. The van der Waals surface area contributed by atoms with E-state index in [4.69, 9.17) is 28.2 Å². The fourth-order valence-corrected chi connectivity index (χ4v) is 4.83. The van der Waals surface area contributed by atoms with Gasteiger partial charge in [0, 0.05) is 43.8 Å². The van der Waals surface area contributed by atoms with Crippen LogP contribution in [0.4, 0.5) is 5.82 Å². The van der Waals surface area contributed by atoms with Gasteiger partial charge in [0.15, 0.2) is 17.0 Å². The first-order chi connectivity index (χ1) is 14.7. The van der Waals surface area contributed by atoms with Gasteiger partial charge < -0.3 is 9.47 Å². The SMILES string of the molecule is Cc1nc2c(N3CCN(C(CC(C)C)c4ccc(Cl)cc4)CC3C)nc(Cl)nc2n1C. The number of aryl methyl sites for hydroxylation is 2. The molecule has 0 amide bonds. The highest BCUT2D eigenvalue weighted by molar-refractivity contribution is 6.30. The van der Waals surface area contributed by atoms with Crippen LogP contribution in [0.1, 0.15) is 44.6 Å². The Hall–Kier alpha value is -1.89. The van der Waals surface area contributed by atoms with Crippen molar-refractivity contribution in [3.63, 3.8) is 0 Å². The number of piperazine rings is 1. The van der Waals surface area contributed by atoms with Gasteiger partial charge in [0.05, 0.1) is 0 Å². The topological polar surface area (TPSA) is 50.1 Å². The number of rotatable bonds is 5. The van der Waals surface area contributed by atoms with Crippen molar-refractivity contribution >= 4 is 40.2 Å². The van der Waals surface area contributed by atoms with Crippen LogP contribution in [0.25, 0.3) is 11.2 Å². The van der Waals surface area contributed by atoms with E-state index in [0.717, 1.165) is 53.9 Å². The van der Waals surface area contributed by atoms with Gasteiger partial charge in [0.2, 0.25) is 5.28 Å². The summed E-state index contributed by atoms with van der Waals surface area (Å²) < 4.78 is 1.96. The Bertz CT molecular complexity index is 1060. The Balaban J connectivity index is 1.61. The van der Waals surface area contributed by atoms with Gasteiger partial charge in [0.25, 0.3) is 0 Å². The van der Waals surface area contributed by atoms with E-state index in [1.165, 1.54) is 5.56 Å². The number of imidazole rings is 1. The summed E-state index contributed by atoms with van der Waals surface area (Å²) in [5, 5.41) is 1.04. The minimum atomic E-state index is 0.263. The fraction of sp³-hybridized carbons (Fsp3) is 0.522. The fourth-order valence-electron chi connectivity index (χ4n) is 4.54. The lowest BCUT2D eigenvalue weighted by Crippen LogP contribution is -2.53. The Morgan fingerprint density at radius 3 is 2.42 bits per heavy atom. The standard InChI is InChI=1S/C23H30Cl2N6/c1-14(2)12-19(17-6-8-18(24)9-7-17)30-10-11-31(15(3)13-30)22-20-21(27-23(25)28-22)29(5)16(4)26-20/h6-9,14-15,19H,10-13H2,1-5H3. The van der Waals surface area contributed by atoms with E-state index in [-0.39, 0.29) is 11.3 Å².